The Morgan fingerprint density at radius 3 is 2.79 bits per heavy atom. The van der Waals surface area contributed by atoms with E-state index < -0.39 is 0 Å². The second-order valence-electron chi connectivity index (χ2n) is 6.45. The monoisotopic (exact) mass is 334 g/mol. The van der Waals surface area contributed by atoms with E-state index in [4.69, 9.17) is 4.42 Å². The summed E-state index contributed by atoms with van der Waals surface area (Å²) in [5, 5.41) is 5.55. The molecule has 2 saturated heterocycles. The van der Waals surface area contributed by atoms with Crippen LogP contribution in [-0.2, 0) is 0 Å². The van der Waals surface area contributed by atoms with Crippen LogP contribution < -0.4 is 10.6 Å². The average Bonchev–Trinajstić information content (AvgIpc) is 3.25. The second kappa shape index (κ2) is 7.70. The van der Waals surface area contributed by atoms with Crippen molar-refractivity contribution in [2.75, 3.05) is 39.3 Å². The Morgan fingerprint density at radius 1 is 1.29 bits per heavy atom. The number of likely N-dealkylation sites (tertiary alicyclic amines) is 1. The molecule has 0 saturated carbocycles. The molecular formula is C17H26N4O3. The van der Waals surface area contributed by atoms with Gasteiger partial charge in [0.15, 0.2) is 5.76 Å². The van der Waals surface area contributed by atoms with E-state index >= 15 is 0 Å². The maximum atomic E-state index is 12.2. The van der Waals surface area contributed by atoms with Crippen molar-refractivity contribution in [3.05, 3.63) is 23.7 Å². The Bertz CT molecular complexity index is 580. The minimum Gasteiger partial charge on any atom is -0.454 e. The lowest BCUT2D eigenvalue weighted by molar-refractivity contribution is 0.0913. The maximum Gasteiger partial charge on any atom is 0.317 e. The first-order valence-corrected chi connectivity index (χ1v) is 8.80. The third kappa shape index (κ3) is 3.90. The lowest BCUT2D eigenvalue weighted by atomic mass is 10.1. The molecule has 0 aliphatic carbocycles. The first-order chi connectivity index (χ1) is 11.6. The molecule has 132 valence electrons. The van der Waals surface area contributed by atoms with Gasteiger partial charge in [-0.2, -0.15) is 0 Å². The number of amides is 3. The number of carbonyl (C=O) groups is 2. The number of carbonyl (C=O) groups excluding carboxylic acids is 2. The molecule has 7 heteroatoms. The fourth-order valence-corrected chi connectivity index (χ4v) is 3.30. The van der Waals surface area contributed by atoms with E-state index in [2.05, 4.69) is 22.5 Å². The minimum absolute atomic E-state index is 0.0695. The van der Waals surface area contributed by atoms with Crippen molar-refractivity contribution in [2.45, 2.75) is 32.2 Å². The highest BCUT2D eigenvalue weighted by Gasteiger charge is 2.22. The first-order valence-electron chi connectivity index (χ1n) is 8.80. The molecule has 2 aliphatic rings. The Morgan fingerprint density at radius 2 is 2.08 bits per heavy atom. The molecule has 1 atom stereocenters. The third-order valence-electron chi connectivity index (χ3n) is 4.81. The summed E-state index contributed by atoms with van der Waals surface area (Å²) in [6, 6.07) is 3.75. The van der Waals surface area contributed by atoms with Gasteiger partial charge in [0.05, 0.1) is 6.04 Å². The van der Waals surface area contributed by atoms with Crippen LogP contribution in [0.15, 0.2) is 16.5 Å². The molecule has 1 aromatic heterocycles. The number of hydrogen-bond donors (Lipinski definition) is 2. The van der Waals surface area contributed by atoms with Crippen molar-refractivity contribution >= 4 is 11.9 Å². The van der Waals surface area contributed by atoms with Gasteiger partial charge in [-0.25, -0.2) is 4.79 Å². The number of piperidine rings is 1. The molecule has 0 spiro atoms. The molecule has 0 bridgehead atoms. The zero-order valence-corrected chi connectivity index (χ0v) is 14.2. The second-order valence-corrected chi connectivity index (χ2v) is 6.45. The van der Waals surface area contributed by atoms with E-state index in [0.717, 1.165) is 18.8 Å². The van der Waals surface area contributed by atoms with E-state index in [-0.39, 0.29) is 18.0 Å². The third-order valence-corrected chi connectivity index (χ3v) is 4.81. The highest BCUT2D eigenvalue weighted by atomic mass is 16.4. The van der Waals surface area contributed by atoms with E-state index in [1.54, 1.807) is 11.0 Å². The first kappa shape index (κ1) is 16.8. The van der Waals surface area contributed by atoms with Crippen LogP contribution in [0.3, 0.4) is 0 Å². The van der Waals surface area contributed by atoms with Crippen LogP contribution in [0.2, 0.25) is 0 Å². The standard InChI is InChI=1S/C17H26N4O3/c1-13(20-9-3-2-4-10-20)14-5-6-15(24-14)16(22)18-7-11-21-12-8-19-17(21)23/h5-6,13H,2-4,7-12H2,1H3,(H,18,22)(H,19,23)/t13-/m0/s1. The highest BCUT2D eigenvalue weighted by molar-refractivity contribution is 5.91. The number of urea groups is 1. The lowest BCUT2D eigenvalue weighted by Gasteiger charge is -2.31. The van der Waals surface area contributed by atoms with E-state index in [1.807, 2.05) is 6.07 Å². The van der Waals surface area contributed by atoms with Crippen LogP contribution in [0.25, 0.3) is 0 Å². The summed E-state index contributed by atoms with van der Waals surface area (Å²) < 4.78 is 5.76. The van der Waals surface area contributed by atoms with Crippen molar-refractivity contribution in [1.82, 2.24) is 20.4 Å². The van der Waals surface area contributed by atoms with E-state index in [1.165, 1.54) is 19.3 Å². The van der Waals surface area contributed by atoms with Gasteiger partial charge in [-0.3, -0.25) is 9.69 Å². The Kier molecular flexibility index (Phi) is 5.40. The van der Waals surface area contributed by atoms with Crippen molar-refractivity contribution in [2.24, 2.45) is 0 Å². The van der Waals surface area contributed by atoms with Crippen LogP contribution in [0.5, 0.6) is 0 Å². The summed E-state index contributed by atoms with van der Waals surface area (Å²) in [5.41, 5.74) is 0. The van der Waals surface area contributed by atoms with Gasteiger partial charge in [-0.05, 0) is 45.0 Å². The van der Waals surface area contributed by atoms with Crippen molar-refractivity contribution in [1.29, 1.82) is 0 Å². The van der Waals surface area contributed by atoms with Gasteiger partial charge in [0, 0.05) is 26.2 Å². The Hall–Kier alpha value is -2.02. The van der Waals surface area contributed by atoms with Crippen molar-refractivity contribution in [3.8, 4) is 0 Å². The minimum atomic E-state index is -0.230. The van der Waals surface area contributed by atoms with Gasteiger partial charge in [0.1, 0.15) is 5.76 Å². The summed E-state index contributed by atoms with van der Waals surface area (Å²) >= 11 is 0. The van der Waals surface area contributed by atoms with Crippen LogP contribution >= 0.6 is 0 Å². The normalized spacial score (nSPS) is 20.0. The van der Waals surface area contributed by atoms with Crippen LogP contribution in [-0.4, -0.2) is 61.0 Å². The van der Waals surface area contributed by atoms with Crippen LogP contribution in [0.4, 0.5) is 4.79 Å². The summed E-state index contributed by atoms with van der Waals surface area (Å²) in [7, 11) is 0. The molecule has 0 unspecified atom stereocenters. The van der Waals surface area contributed by atoms with Crippen LogP contribution in [0, 0.1) is 0 Å². The number of hydrogen-bond acceptors (Lipinski definition) is 4. The molecule has 7 nitrogen and oxygen atoms in total. The van der Waals surface area contributed by atoms with Gasteiger partial charge >= 0.3 is 6.03 Å². The predicted octanol–water partition coefficient (Wildman–Crippen LogP) is 1.58. The summed E-state index contributed by atoms with van der Waals surface area (Å²) in [6.45, 7) is 6.58. The maximum absolute atomic E-state index is 12.2. The summed E-state index contributed by atoms with van der Waals surface area (Å²) in [6.07, 6.45) is 3.75. The van der Waals surface area contributed by atoms with Gasteiger partial charge < -0.3 is 20.0 Å². The summed E-state index contributed by atoms with van der Waals surface area (Å²) in [5.74, 6) is 0.937. The number of nitrogens with one attached hydrogen (secondary N) is 2. The Labute approximate surface area is 142 Å². The zero-order chi connectivity index (χ0) is 16.9. The largest absolute Gasteiger partial charge is 0.454 e. The zero-order valence-electron chi connectivity index (χ0n) is 14.2. The van der Waals surface area contributed by atoms with Gasteiger partial charge in [-0.15, -0.1) is 0 Å². The smallest absolute Gasteiger partial charge is 0.317 e. The van der Waals surface area contributed by atoms with E-state index in [0.29, 0.717) is 31.9 Å². The number of furan rings is 1. The number of nitrogens with zero attached hydrogens (tertiary/aromatic N) is 2. The van der Waals surface area contributed by atoms with Crippen molar-refractivity contribution in [3.63, 3.8) is 0 Å². The van der Waals surface area contributed by atoms with Crippen LogP contribution in [0.1, 0.15) is 48.5 Å². The molecule has 0 radical (unpaired) electrons. The number of rotatable bonds is 6. The van der Waals surface area contributed by atoms with Crippen molar-refractivity contribution < 1.29 is 14.0 Å². The topological polar surface area (TPSA) is 77.8 Å². The molecule has 0 aromatic carbocycles. The molecular weight excluding hydrogens is 308 g/mol. The van der Waals surface area contributed by atoms with Gasteiger partial charge in [0.2, 0.25) is 0 Å². The Balaban J connectivity index is 1.48. The SMILES string of the molecule is C[C@@H](c1ccc(C(=O)NCCN2CCNC2=O)o1)N1CCCCC1. The summed E-state index contributed by atoms with van der Waals surface area (Å²) in [4.78, 5) is 27.7. The van der Waals surface area contributed by atoms with Gasteiger partial charge in [0.25, 0.3) is 5.91 Å². The fourth-order valence-electron chi connectivity index (χ4n) is 3.30. The molecule has 24 heavy (non-hydrogen) atoms. The molecule has 3 heterocycles. The van der Waals surface area contributed by atoms with Gasteiger partial charge in [-0.1, -0.05) is 6.42 Å². The fraction of sp³-hybridized carbons (Fsp3) is 0.647. The quantitative estimate of drug-likeness (QED) is 0.828. The lowest BCUT2D eigenvalue weighted by Crippen LogP contribution is -2.36. The molecule has 2 fully saturated rings. The predicted molar refractivity (Wildman–Crippen MR) is 89.9 cm³/mol. The highest BCUT2D eigenvalue weighted by Crippen LogP contribution is 2.25. The molecule has 2 aliphatic heterocycles. The molecule has 1 aromatic rings. The molecule has 2 N–H and O–H groups in total. The molecule has 3 rings (SSSR count). The van der Waals surface area contributed by atoms with E-state index in [9.17, 15) is 9.59 Å². The average molecular weight is 334 g/mol. The molecule has 3 amide bonds.